The van der Waals surface area contributed by atoms with Gasteiger partial charge < -0.3 is 19.5 Å². The van der Waals surface area contributed by atoms with Gasteiger partial charge in [0.25, 0.3) is 0 Å². The molecule has 0 bridgehead atoms. The van der Waals surface area contributed by atoms with E-state index in [9.17, 15) is 0 Å². The normalized spacial score (nSPS) is 16.9. The number of ether oxygens (including phenoxy) is 1. The van der Waals surface area contributed by atoms with Gasteiger partial charge >= 0.3 is 0 Å². The van der Waals surface area contributed by atoms with E-state index < -0.39 is 0 Å². The van der Waals surface area contributed by atoms with Crippen molar-refractivity contribution in [3.05, 3.63) is 137 Å². The lowest BCUT2D eigenvalue weighted by atomic mass is 10.0. The zero-order valence-corrected chi connectivity index (χ0v) is 22.2. The van der Waals surface area contributed by atoms with Crippen molar-refractivity contribution in [2.24, 2.45) is 0 Å². The van der Waals surface area contributed by atoms with Crippen LogP contribution in [0.25, 0.3) is 5.69 Å². The standard InChI is InChI=1S/C31H25ClN4OS/c1-21-10-14-25(15-11-21)37-26-16-12-23(13-17-26)36-30(29(34-31(36)38)27-8-2-3-18-33-27)28-9-5-19-35(28)24-7-4-6-22(32)20-24/h2-20,29-30H,1H3,(H,34,38)/t29-,30-/m1/s1. The topological polar surface area (TPSA) is 42.3 Å². The Balaban J connectivity index is 1.39. The molecule has 0 unspecified atom stereocenters. The van der Waals surface area contributed by atoms with Crippen LogP contribution in [-0.4, -0.2) is 14.7 Å². The van der Waals surface area contributed by atoms with Crippen LogP contribution in [0.3, 0.4) is 0 Å². The molecule has 1 aliphatic rings. The third kappa shape index (κ3) is 4.76. The summed E-state index contributed by atoms with van der Waals surface area (Å²) < 4.78 is 8.22. The Kier molecular flexibility index (Phi) is 6.58. The Labute approximate surface area is 232 Å². The monoisotopic (exact) mass is 536 g/mol. The minimum absolute atomic E-state index is 0.153. The van der Waals surface area contributed by atoms with Crippen molar-refractivity contribution in [2.45, 2.75) is 19.0 Å². The first-order chi connectivity index (χ1) is 18.6. The number of nitrogens with zero attached hydrogens (tertiary/aromatic N) is 3. The van der Waals surface area contributed by atoms with Gasteiger partial charge in [0.05, 0.1) is 11.7 Å². The van der Waals surface area contributed by atoms with Crippen LogP contribution in [0.4, 0.5) is 5.69 Å². The minimum atomic E-state index is -0.157. The molecule has 2 atom stereocenters. The number of thiocarbonyl (C=S) groups is 1. The van der Waals surface area contributed by atoms with E-state index in [1.165, 1.54) is 5.56 Å². The summed E-state index contributed by atoms with van der Waals surface area (Å²) in [6.07, 6.45) is 3.86. The summed E-state index contributed by atoms with van der Waals surface area (Å²) in [6, 6.07) is 33.7. The zero-order valence-electron chi connectivity index (χ0n) is 20.7. The van der Waals surface area contributed by atoms with E-state index in [-0.39, 0.29) is 12.1 Å². The number of hydrogen-bond donors (Lipinski definition) is 1. The van der Waals surface area contributed by atoms with Crippen LogP contribution < -0.4 is 15.0 Å². The van der Waals surface area contributed by atoms with E-state index in [4.69, 9.17) is 28.6 Å². The first kappa shape index (κ1) is 24.2. The Morgan fingerprint density at radius 3 is 2.32 bits per heavy atom. The molecule has 188 valence electrons. The fraction of sp³-hybridized carbons (Fsp3) is 0.0968. The number of nitrogens with one attached hydrogen (secondary N) is 1. The lowest BCUT2D eigenvalue weighted by Gasteiger charge is -2.29. The highest BCUT2D eigenvalue weighted by Gasteiger charge is 2.42. The Morgan fingerprint density at radius 1 is 0.842 bits per heavy atom. The zero-order chi connectivity index (χ0) is 26.1. The van der Waals surface area contributed by atoms with Crippen molar-refractivity contribution >= 4 is 34.6 Å². The smallest absolute Gasteiger partial charge is 0.174 e. The number of rotatable bonds is 6. The van der Waals surface area contributed by atoms with Crippen LogP contribution in [-0.2, 0) is 0 Å². The number of hydrogen-bond acceptors (Lipinski definition) is 3. The number of aryl methyl sites for hydroxylation is 1. The van der Waals surface area contributed by atoms with Gasteiger partial charge in [-0.1, -0.05) is 41.4 Å². The third-order valence-corrected chi connectivity index (χ3v) is 7.19. The molecular weight excluding hydrogens is 512 g/mol. The predicted octanol–water partition coefficient (Wildman–Crippen LogP) is 7.80. The Morgan fingerprint density at radius 2 is 1.61 bits per heavy atom. The average molecular weight is 537 g/mol. The average Bonchev–Trinajstić information content (AvgIpc) is 3.55. The summed E-state index contributed by atoms with van der Waals surface area (Å²) in [5, 5.41) is 4.85. The molecular formula is C31H25ClN4OS. The molecule has 0 saturated carbocycles. The van der Waals surface area contributed by atoms with Gasteiger partial charge in [-0.3, -0.25) is 4.98 Å². The summed E-state index contributed by atoms with van der Waals surface area (Å²) in [7, 11) is 0. The van der Waals surface area contributed by atoms with E-state index >= 15 is 0 Å². The summed E-state index contributed by atoms with van der Waals surface area (Å²) in [4.78, 5) is 6.82. The SMILES string of the molecule is Cc1ccc(Oc2ccc(N3C(=S)N[C@H](c4ccccn4)[C@H]3c3cccn3-c3cccc(Cl)c3)cc2)cc1. The molecule has 0 spiro atoms. The number of benzene rings is 3. The van der Waals surface area contributed by atoms with E-state index in [1.54, 1.807) is 0 Å². The van der Waals surface area contributed by atoms with Gasteiger partial charge in [-0.2, -0.15) is 0 Å². The number of pyridine rings is 1. The van der Waals surface area contributed by atoms with Gasteiger partial charge in [-0.15, -0.1) is 0 Å². The molecule has 1 saturated heterocycles. The number of anilines is 1. The second-order valence-electron chi connectivity index (χ2n) is 9.19. The summed E-state index contributed by atoms with van der Waals surface area (Å²) in [5.41, 5.74) is 5.12. The highest BCUT2D eigenvalue weighted by Crippen LogP contribution is 2.42. The van der Waals surface area contributed by atoms with Crippen molar-refractivity contribution in [2.75, 3.05) is 4.90 Å². The molecule has 38 heavy (non-hydrogen) atoms. The molecule has 1 N–H and O–H groups in total. The van der Waals surface area contributed by atoms with Gasteiger partial charge in [-0.25, -0.2) is 0 Å². The second-order valence-corrected chi connectivity index (χ2v) is 10.0. The first-order valence-corrected chi connectivity index (χ1v) is 13.1. The lowest BCUT2D eigenvalue weighted by molar-refractivity contribution is 0.482. The molecule has 0 aliphatic carbocycles. The number of aromatic nitrogens is 2. The van der Waals surface area contributed by atoms with Crippen LogP contribution in [0.15, 0.2) is 116 Å². The maximum Gasteiger partial charge on any atom is 0.174 e. The highest BCUT2D eigenvalue weighted by atomic mass is 35.5. The number of halogens is 1. The highest BCUT2D eigenvalue weighted by molar-refractivity contribution is 7.80. The van der Waals surface area contributed by atoms with Crippen molar-refractivity contribution < 1.29 is 4.74 Å². The minimum Gasteiger partial charge on any atom is -0.457 e. The van der Waals surface area contributed by atoms with Gasteiger partial charge in [0.15, 0.2) is 5.11 Å². The molecule has 5 nitrogen and oxygen atoms in total. The van der Waals surface area contributed by atoms with Crippen molar-refractivity contribution in [3.8, 4) is 17.2 Å². The van der Waals surface area contributed by atoms with Crippen LogP contribution in [0.5, 0.6) is 11.5 Å². The first-order valence-electron chi connectivity index (χ1n) is 12.4. The lowest BCUT2D eigenvalue weighted by Crippen LogP contribution is -2.30. The largest absolute Gasteiger partial charge is 0.457 e. The molecule has 3 heterocycles. The third-order valence-electron chi connectivity index (χ3n) is 6.64. The fourth-order valence-electron chi connectivity index (χ4n) is 4.85. The molecule has 6 rings (SSSR count). The summed E-state index contributed by atoms with van der Waals surface area (Å²) in [5.74, 6) is 1.56. The summed E-state index contributed by atoms with van der Waals surface area (Å²) in [6.45, 7) is 2.06. The maximum absolute atomic E-state index is 6.35. The predicted molar refractivity (Wildman–Crippen MR) is 156 cm³/mol. The van der Waals surface area contributed by atoms with Gasteiger partial charge in [-0.05, 0) is 98.0 Å². The van der Waals surface area contributed by atoms with Gasteiger partial charge in [0.1, 0.15) is 17.5 Å². The quantitative estimate of drug-likeness (QED) is 0.224. The van der Waals surface area contributed by atoms with Crippen LogP contribution in [0.2, 0.25) is 5.02 Å². The maximum atomic E-state index is 6.35. The molecule has 3 aromatic carbocycles. The van der Waals surface area contributed by atoms with Crippen LogP contribution >= 0.6 is 23.8 Å². The van der Waals surface area contributed by atoms with E-state index in [0.717, 1.165) is 34.3 Å². The van der Waals surface area contributed by atoms with Crippen LogP contribution in [0, 0.1) is 6.92 Å². The Bertz CT molecular complexity index is 1570. The summed E-state index contributed by atoms with van der Waals surface area (Å²) >= 11 is 12.3. The Hall–Kier alpha value is -4.13. The molecule has 1 fully saturated rings. The van der Waals surface area contributed by atoms with E-state index in [1.807, 2.05) is 103 Å². The molecule has 1 aliphatic heterocycles. The molecule has 0 radical (unpaired) electrons. The molecule has 2 aromatic heterocycles. The van der Waals surface area contributed by atoms with Crippen molar-refractivity contribution in [1.82, 2.24) is 14.9 Å². The van der Waals surface area contributed by atoms with Crippen molar-refractivity contribution in [3.63, 3.8) is 0 Å². The van der Waals surface area contributed by atoms with Gasteiger partial charge in [0, 0.05) is 34.5 Å². The molecule has 5 aromatic rings. The molecule has 7 heteroatoms. The van der Waals surface area contributed by atoms with Crippen LogP contribution in [0.1, 0.15) is 29.0 Å². The second kappa shape index (κ2) is 10.3. The fourth-order valence-corrected chi connectivity index (χ4v) is 5.38. The van der Waals surface area contributed by atoms with Crippen molar-refractivity contribution in [1.29, 1.82) is 0 Å². The molecule has 0 amide bonds. The van der Waals surface area contributed by atoms with E-state index in [0.29, 0.717) is 10.1 Å². The van der Waals surface area contributed by atoms with E-state index in [2.05, 4.69) is 39.0 Å². The van der Waals surface area contributed by atoms with Gasteiger partial charge in [0.2, 0.25) is 0 Å².